The van der Waals surface area contributed by atoms with Crippen molar-refractivity contribution in [3.05, 3.63) is 28.4 Å². The summed E-state index contributed by atoms with van der Waals surface area (Å²) in [5.74, 6) is 0. The lowest BCUT2D eigenvalue weighted by atomic mass is 10.2. The van der Waals surface area contributed by atoms with Gasteiger partial charge in [0.1, 0.15) is 9.92 Å². The van der Waals surface area contributed by atoms with E-state index in [-0.39, 0.29) is 14.9 Å². The summed E-state index contributed by atoms with van der Waals surface area (Å²) in [6.07, 6.45) is 1.39. The van der Waals surface area contributed by atoms with Gasteiger partial charge in [-0.15, -0.1) is 0 Å². The third-order valence-corrected chi connectivity index (χ3v) is 3.79. The fraction of sp³-hybridized carbons (Fsp3) is 0. The maximum atomic E-state index is 11.2. The van der Waals surface area contributed by atoms with Gasteiger partial charge in [0.15, 0.2) is 5.58 Å². The number of halogens is 2. The van der Waals surface area contributed by atoms with Crippen LogP contribution in [0.3, 0.4) is 0 Å². The summed E-state index contributed by atoms with van der Waals surface area (Å²) in [6, 6.07) is 2.90. The van der Waals surface area contributed by atoms with E-state index in [1.165, 1.54) is 12.3 Å². The average molecular weight is 266 g/mol. The van der Waals surface area contributed by atoms with Crippen LogP contribution in [0.4, 0.5) is 0 Å². The largest absolute Gasteiger partial charge is 0.463 e. The van der Waals surface area contributed by atoms with Gasteiger partial charge in [-0.1, -0.05) is 23.2 Å². The third-order valence-electron chi connectivity index (χ3n) is 1.90. The van der Waals surface area contributed by atoms with E-state index in [0.717, 1.165) is 0 Å². The van der Waals surface area contributed by atoms with Crippen molar-refractivity contribution in [3.8, 4) is 0 Å². The molecule has 0 atom stereocenters. The average Bonchev–Trinajstić information content (AvgIpc) is 2.57. The first-order valence-corrected chi connectivity index (χ1v) is 6.09. The van der Waals surface area contributed by atoms with Gasteiger partial charge in [0.05, 0.1) is 11.3 Å². The summed E-state index contributed by atoms with van der Waals surface area (Å²) in [5, 5.41) is 5.44. The second kappa shape index (κ2) is 3.38. The Bertz CT molecular complexity index is 633. The molecule has 0 spiro atoms. The first-order chi connectivity index (χ1) is 6.91. The van der Waals surface area contributed by atoms with Crippen LogP contribution >= 0.6 is 23.2 Å². The van der Waals surface area contributed by atoms with Crippen molar-refractivity contribution in [2.75, 3.05) is 0 Å². The minimum Gasteiger partial charge on any atom is -0.463 e. The normalized spacial score (nSPS) is 12.2. The van der Waals surface area contributed by atoms with E-state index < -0.39 is 10.0 Å². The van der Waals surface area contributed by atoms with E-state index in [2.05, 4.69) is 0 Å². The Hall–Kier alpha value is -0.750. The number of sulfonamides is 1. The van der Waals surface area contributed by atoms with Crippen molar-refractivity contribution in [3.63, 3.8) is 0 Å². The Kier molecular flexibility index (Phi) is 2.42. The monoisotopic (exact) mass is 265 g/mol. The van der Waals surface area contributed by atoms with Gasteiger partial charge in [-0.25, -0.2) is 13.6 Å². The highest BCUT2D eigenvalue weighted by molar-refractivity contribution is 7.89. The Morgan fingerprint density at radius 1 is 1.27 bits per heavy atom. The molecule has 0 fully saturated rings. The summed E-state index contributed by atoms with van der Waals surface area (Å²) in [4.78, 5) is -0.205. The standard InChI is InChI=1S/C8H5Cl2NO3S/c9-6-5(15(11,12)13)3-4-1-2-14-8(4)7(6)10/h1-3H,(H2,11,12,13). The van der Waals surface area contributed by atoms with Crippen LogP contribution in [0.25, 0.3) is 11.0 Å². The maximum absolute atomic E-state index is 11.2. The van der Waals surface area contributed by atoms with Gasteiger partial charge in [0.2, 0.25) is 10.0 Å². The van der Waals surface area contributed by atoms with E-state index in [4.69, 9.17) is 32.8 Å². The highest BCUT2D eigenvalue weighted by Crippen LogP contribution is 2.36. The molecule has 1 aromatic carbocycles. The summed E-state index contributed by atoms with van der Waals surface area (Å²) in [6.45, 7) is 0. The molecule has 2 aromatic rings. The minimum absolute atomic E-state index is 0.0446. The van der Waals surface area contributed by atoms with Crippen molar-refractivity contribution in [1.82, 2.24) is 0 Å². The number of furan rings is 1. The number of hydrogen-bond acceptors (Lipinski definition) is 3. The Morgan fingerprint density at radius 3 is 2.53 bits per heavy atom. The smallest absolute Gasteiger partial charge is 0.239 e. The summed E-state index contributed by atoms with van der Waals surface area (Å²) < 4.78 is 27.4. The van der Waals surface area contributed by atoms with Gasteiger partial charge in [-0.05, 0) is 12.1 Å². The van der Waals surface area contributed by atoms with E-state index >= 15 is 0 Å². The zero-order valence-corrected chi connectivity index (χ0v) is 9.53. The van der Waals surface area contributed by atoms with Crippen LogP contribution in [0.5, 0.6) is 0 Å². The van der Waals surface area contributed by atoms with Crippen LogP contribution < -0.4 is 5.14 Å². The topological polar surface area (TPSA) is 73.3 Å². The van der Waals surface area contributed by atoms with Crippen molar-refractivity contribution >= 4 is 44.2 Å². The van der Waals surface area contributed by atoms with Crippen LogP contribution in [0, 0.1) is 0 Å². The molecule has 2 rings (SSSR count). The molecule has 0 aliphatic carbocycles. The SMILES string of the molecule is NS(=O)(=O)c1cc2ccoc2c(Cl)c1Cl. The number of primary sulfonamides is 1. The number of benzene rings is 1. The molecule has 0 radical (unpaired) electrons. The molecule has 2 N–H and O–H groups in total. The van der Waals surface area contributed by atoms with Crippen LogP contribution in [-0.2, 0) is 10.0 Å². The molecule has 0 saturated carbocycles. The quantitative estimate of drug-likeness (QED) is 0.861. The maximum Gasteiger partial charge on any atom is 0.239 e. The number of rotatable bonds is 1. The molecule has 15 heavy (non-hydrogen) atoms. The predicted molar refractivity (Wildman–Crippen MR) is 57.6 cm³/mol. The van der Waals surface area contributed by atoms with Crippen molar-refractivity contribution < 1.29 is 12.8 Å². The molecular formula is C8H5Cl2NO3S. The third kappa shape index (κ3) is 1.72. The summed E-state index contributed by atoms with van der Waals surface area (Å²) in [5.41, 5.74) is 0.342. The van der Waals surface area contributed by atoms with Gasteiger partial charge in [0.25, 0.3) is 0 Å². The first kappa shape index (κ1) is 10.8. The fourth-order valence-corrected chi connectivity index (χ4v) is 2.65. The second-order valence-electron chi connectivity index (χ2n) is 2.89. The Labute approximate surface area is 95.6 Å². The number of nitrogens with two attached hydrogens (primary N) is 1. The lowest BCUT2D eigenvalue weighted by Crippen LogP contribution is -2.12. The first-order valence-electron chi connectivity index (χ1n) is 3.79. The molecule has 1 aromatic heterocycles. The lowest BCUT2D eigenvalue weighted by Gasteiger charge is -2.03. The molecule has 0 saturated heterocycles. The summed E-state index contributed by atoms with van der Waals surface area (Å²) in [7, 11) is -3.88. The van der Waals surface area contributed by atoms with Crippen molar-refractivity contribution in [2.45, 2.75) is 4.90 Å². The van der Waals surface area contributed by atoms with Crippen LogP contribution in [0.15, 0.2) is 27.7 Å². The van der Waals surface area contributed by atoms with Gasteiger partial charge in [-0.3, -0.25) is 0 Å². The van der Waals surface area contributed by atoms with Crippen molar-refractivity contribution in [1.29, 1.82) is 0 Å². The molecule has 7 heteroatoms. The van der Waals surface area contributed by atoms with Crippen LogP contribution in [0.1, 0.15) is 0 Å². The highest BCUT2D eigenvalue weighted by atomic mass is 35.5. The Balaban J connectivity index is 2.94. The minimum atomic E-state index is -3.88. The highest BCUT2D eigenvalue weighted by Gasteiger charge is 2.19. The zero-order chi connectivity index (χ0) is 11.2. The Morgan fingerprint density at radius 2 is 1.93 bits per heavy atom. The molecule has 0 aliphatic heterocycles. The van der Waals surface area contributed by atoms with Crippen LogP contribution in [-0.4, -0.2) is 8.42 Å². The number of fused-ring (bicyclic) bond motifs is 1. The molecule has 80 valence electrons. The lowest BCUT2D eigenvalue weighted by molar-refractivity contribution is 0.597. The van der Waals surface area contributed by atoms with E-state index in [9.17, 15) is 8.42 Å². The molecule has 1 heterocycles. The molecule has 0 aliphatic rings. The second-order valence-corrected chi connectivity index (χ2v) is 5.17. The zero-order valence-electron chi connectivity index (χ0n) is 7.20. The molecular weight excluding hydrogens is 261 g/mol. The fourth-order valence-electron chi connectivity index (χ4n) is 1.23. The van der Waals surface area contributed by atoms with E-state index in [1.807, 2.05) is 0 Å². The molecule has 0 unspecified atom stereocenters. The number of hydrogen-bond donors (Lipinski definition) is 1. The van der Waals surface area contributed by atoms with Gasteiger partial charge in [0, 0.05) is 5.39 Å². The molecule has 4 nitrogen and oxygen atoms in total. The molecule has 0 bridgehead atoms. The summed E-state index contributed by atoms with van der Waals surface area (Å²) >= 11 is 11.6. The van der Waals surface area contributed by atoms with Gasteiger partial charge in [-0.2, -0.15) is 0 Å². The van der Waals surface area contributed by atoms with Crippen molar-refractivity contribution in [2.24, 2.45) is 5.14 Å². The van der Waals surface area contributed by atoms with E-state index in [0.29, 0.717) is 11.0 Å². The van der Waals surface area contributed by atoms with Gasteiger partial charge >= 0.3 is 0 Å². The molecule has 0 amide bonds. The van der Waals surface area contributed by atoms with Crippen LogP contribution in [0.2, 0.25) is 10.0 Å². The van der Waals surface area contributed by atoms with E-state index in [1.54, 1.807) is 6.07 Å². The van der Waals surface area contributed by atoms with Gasteiger partial charge < -0.3 is 4.42 Å². The predicted octanol–water partition coefficient (Wildman–Crippen LogP) is 2.39.